The fourth-order valence-corrected chi connectivity index (χ4v) is 2.06. The third kappa shape index (κ3) is 2.96. The second kappa shape index (κ2) is 5.78. The summed E-state index contributed by atoms with van der Waals surface area (Å²) in [5.41, 5.74) is 8.23. The minimum atomic E-state index is 0.598. The van der Waals surface area contributed by atoms with Crippen molar-refractivity contribution in [3.05, 3.63) is 47.0 Å². The van der Waals surface area contributed by atoms with Gasteiger partial charge < -0.3 is 5.73 Å². The Morgan fingerprint density at radius 1 is 1.17 bits per heavy atom. The van der Waals surface area contributed by atoms with Gasteiger partial charge in [-0.05, 0) is 31.0 Å². The number of nitrogens with two attached hydrogens (primary N) is 1. The van der Waals surface area contributed by atoms with Gasteiger partial charge in [-0.1, -0.05) is 24.3 Å². The molecule has 0 unspecified atom stereocenters. The summed E-state index contributed by atoms with van der Waals surface area (Å²) in [7, 11) is 1.94. The van der Waals surface area contributed by atoms with Crippen LogP contribution in [0, 0.1) is 6.92 Å². The first-order chi connectivity index (χ1) is 8.70. The van der Waals surface area contributed by atoms with Crippen molar-refractivity contribution in [3.8, 4) is 0 Å². The van der Waals surface area contributed by atoms with Crippen LogP contribution in [0.4, 0.5) is 0 Å². The molecule has 0 amide bonds. The van der Waals surface area contributed by atoms with E-state index < -0.39 is 0 Å². The molecule has 0 aliphatic carbocycles. The number of nitrogens with zero attached hydrogens (tertiary/aromatic N) is 3. The highest BCUT2D eigenvalue weighted by Crippen LogP contribution is 2.10. The van der Waals surface area contributed by atoms with Crippen LogP contribution in [0.5, 0.6) is 0 Å². The Kier molecular flexibility index (Phi) is 4.10. The maximum atomic E-state index is 5.52. The van der Waals surface area contributed by atoms with Gasteiger partial charge >= 0.3 is 0 Å². The molecule has 1 heterocycles. The highest BCUT2D eigenvalue weighted by Gasteiger charge is 2.07. The molecule has 0 saturated carbocycles. The third-order valence-electron chi connectivity index (χ3n) is 3.14. The van der Waals surface area contributed by atoms with Gasteiger partial charge in [-0.25, -0.2) is 4.98 Å². The van der Waals surface area contributed by atoms with Crippen molar-refractivity contribution < 1.29 is 0 Å². The Hall–Kier alpha value is -1.68. The number of rotatable bonds is 5. The standard InChI is InChI=1S/C14H20N4/c1-11-5-3-4-6-12(11)7-8-14-16-13(9-10-15)17-18(14)2/h3-6H,7-10,15H2,1-2H3. The summed E-state index contributed by atoms with van der Waals surface area (Å²) < 4.78 is 1.86. The van der Waals surface area contributed by atoms with Crippen LogP contribution >= 0.6 is 0 Å². The second-order valence-corrected chi connectivity index (χ2v) is 4.53. The zero-order chi connectivity index (χ0) is 13.0. The van der Waals surface area contributed by atoms with Crippen LogP contribution in [0.1, 0.15) is 22.8 Å². The van der Waals surface area contributed by atoms with E-state index in [1.165, 1.54) is 11.1 Å². The normalized spacial score (nSPS) is 10.8. The molecule has 18 heavy (non-hydrogen) atoms. The Morgan fingerprint density at radius 2 is 1.94 bits per heavy atom. The number of hydrogen-bond acceptors (Lipinski definition) is 3. The summed E-state index contributed by atoms with van der Waals surface area (Å²) in [6.45, 7) is 2.74. The highest BCUT2D eigenvalue weighted by molar-refractivity contribution is 5.26. The van der Waals surface area contributed by atoms with E-state index in [1.807, 2.05) is 11.7 Å². The third-order valence-corrected chi connectivity index (χ3v) is 3.14. The highest BCUT2D eigenvalue weighted by atomic mass is 15.3. The zero-order valence-electron chi connectivity index (χ0n) is 11.1. The van der Waals surface area contributed by atoms with Crippen LogP contribution in [0.2, 0.25) is 0 Å². The molecule has 1 aromatic heterocycles. The minimum Gasteiger partial charge on any atom is -0.330 e. The van der Waals surface area contributed by atoms with Gasteiger partial charge in [0.25, 0.3) is 0 Å². The van der Waals surface area contributed by atoms with E-state index in [2.05, 4.69) is 41.3 Å². The fraction of sp³-hybridized carbons (Fsp3) is 0.429. The van der Waals surface area contributed by atoms with E-state index in [1.54, 1.807) is 0 Å². The molecule has 2 aromatic rings. The fourth-order valence-electron chi connectivity index (χ4n) is 2.06. The maximum Gasteiger partial charge on any atom is 0.152 e. The quantitative estimate of drug-likeness (QED) is 0.865. The van der Waals surface area contributed by atoms with E-state index in [0.29, 0.717) is 6.54 Å². The molecule has 4 nitrogen and oxygen atoms in total. The summed E-state index contributed by atoms with van der Waals surface area (Å²) in [4.78, 5) is 4.52. The summed E-state index contributed by atoms with van der Waals surface area (Å²) >= 11 is 0. The summed E-state index contributed by atoms with van der Waals surface area (Å²) in [5.74, 6) is 1.88. The number of aryl methyl sites for hydroxylation is 4. The maximum absolute atomic E-state index is 5.52. The molecule has 0 radical (unpaired) electrons. The van der Waals surface area contributed by atoms with Gasteiger partial charge in [0.2, 0.25) is 0 Å². The van der Waals surface area contributed by atoms with Crippen molar-refractivity contribution in [2.24, 2.45) is 12.8 Å². The van der Waals surface area contributed by atoms with E-state index in [9.17, 15) is 0 Å². The lowest BCUT2D eigenvalue weighted by atomic mass is 10.0. The first-order valence-electron chi connectivity index (χ1n) is 6.34. The molecule has 4 heteroatoms. The molecule has 0 atom stereocenters. The van der Waals surface area contributed by atoms with E-state index in [-0.39, 0.29) is 0 Å². The molecular formula is C14H20N4. The molecule has 0 saturated heterocycles. The first kappa shape index (κ1) is 12.8. The van der Waals surface area contributed by atoms with E-state index in [0.717, 1.165) is 30.9 Å². The van der Waals surface area contributed by atoms with Crippen molar-refractivity contribution in [2.45, 2.75) is 26.2 Å². The average molecular weight is 244 g/mol. The van der Waals surface area contributed by atoms with Gasteiger partial charge in [-0.3, -0.25) is 4.68 Å². The molecule has 2 rings (SSSR count). The molecule has 2 N–H and O–H groups in total. The molecule has 0 spiro atoms. The molecule has 1 aromatic carbocycles. The second-order valence-electron chi connectivity index (χ2n) is 4.53. The first-order valence-corrected chi connectivity index (χ1v) is 6.34. The van der Waals surface area contributed by atoms with E-state index in [4.69, 9.17) is 5.73 Å². The van der Waals surface area contributed by atoms with Gasteiger partial charge in [0.1, 0.15) is 5.82 Å². The predicted molar refractivity (Wildman–Crippen MR) is 72.3 cm³/mol. The lowest BCUT2D eigenvalue weighted by Crippen LogP contribution is -2.04. The van der Waals surface area contributed by atoms with Gasteiger partial charge in [-0.2, -0.15) is 5.10 Å². The van der Waals surface area contributed by atoms with Crippen molar-refractivity contribution in [1.82, 2.24) is 14.8 Å². The molecule has 0 bridgehead atoms. The average Bonchev–Trinajstić information content (AvgIpc) is 2.69. The number of benzene rings is 1. The topological polar surface area (TPSA) is 56.7 Å². The SMILES string of the molecule is Cc1ccccc1CCc1nc(CCN)nn1C. The van der Waals surface area contributed by atoms with Crippen LogP contribution < -0.4 is 5.73 Å². The van der Waals surface area contributed by atoms with Crippen LogP contribution in [0.3, 0.4) is 0 Å². The Bertz CT molecular complexity index is 516. The molecule has 0 aliphatic rings. The molecule has 0 fully saturated rings. The largest absolute Gasteiger partial charge is 0.330 e. The summed E-state index contributed by atoms with van der Waals surface area (Å²) in [6, 6.07) is 8.47. The minimum absolute atomic E-state index is 0.598. The monoisotopic (exact) mass is 244 g/mol. The smallest absolute Gasteiger partial charge is 0.152 e. The van der Waals surface area contributed by atoms with Crippen LogP contribution in [0.15, 0.2) is 24.3 Å². The lowest BCUT2D eigenvalue weighted by molar-refractivity contribution is 0.684. The van der Waals surface area contributed by atoms with Gasteiger partial charge in [0.05, 0.1) is 0 Å². The van der Waals surface area contributed by atoms with Crippen molar-refractivity contribution in [2.75, 3.05) is 6.54 Å². The summed E-state index contributed by atoms with van der Waals surface area (Å²) in [6.07, 6.45) is 2.67. The lowest BCUT2D eigenvalue weighted by Gasteiger charge is -2.04. The zero-order valence-corrected chi connectivity index (χ0v) is 11.1. The van der Waals surface area contributed by atoms with Crippen molar-refractivity contribution in [1.29, 1.82) is 0 Å². The molecule has 0 aliphatic heterocycles. The molecular weight excluding hydrogens is 224 g/mol. The van der Waals surface area contributed by atoms with Crippen LogP contribution in [-0.4, -0.2) is 21.3 Å². The number of hydrogen-bond donors (Lipinski definition) is 1. The summed E-state index contributed by atoms with van der Waals surface area (Å²) in [5, 5.41) is 4.36. The van der Waals surface area contributed by atoms with Crippen LogP contribution in [-0.2, 0) is 26.3 Å². The Balaban J connectivity index is 2.04. The Morgan fingerprint density at radius 3 is 2.67 bits per heavy atom. The van der Waals surface area contributed by atoms with Gasteiger partial charge in [0.15, 0.2) is 5.82 Å². The van der Waals surface area contributed by atoms with Crippen molar-refractivity contribution in [3.63, 3.8) is 0 Å². The van der Waals surface area contributed by atoms with E-state index >= 15 is 0 Å². The predicted octanol–water partition coefficient (Wildman–Crippen LogP) is 1.41. The number of aromatic nitrogens is 3. The molecule has 96 valence electrons. The van der Waals surface area contributed by atoms with Crippen LogP contribution in [0.25, 0.3) is 0 Å². The van der Waals surface area contributed by atoms with Gasteiger partial charge in [0, 0.05) is 19.9 Å². The van der Waals surface area contributed by atoms with Gasteiger partial charge in [-0.15, -0.1) is 0 Å². The van der Waals surface area contributed by atoms with Crippen molar-refractivity contribution >= 4 is 0 Å². The Labute approximate surface area is 108 Å².